The molecule has 3 nitrogen and oxygen atoms in total. The lowest BCUT2D eigenvalue weighted by Gasteiger charge is -2.04. The van der Waals surface area contributed by atoms with Crippen molar-refractivity contribution < 1.29 is 14.3 Å². The summed E-state index contributed by atoms with van der Waals surface area (Å²) in [5.41, 5.74) is 0.728. The zero-order valence-corrected chi connectivity index (χ0v) is 10.4. The van der Waals surface area contributed by atoms with E-state index in [1.165, 1.54) is 7.11 Å². The van der Waals surface area contributed by atoms with Crippen LogP contribution in [-0.2, 0) is 9.53 Å². The van der Waals surface area contributed by atoms with Crippen LogP contribution < -0.4 is 4.74 Å². The summed E-state index contributed by atoms with van der Waals surface area (Å²) in [4.78, 5) is 10.9. The predicted molar refractivity (Wildman–Crippen MR) is 71.9 cm³/mol. The average Bonchev–Trinajstić information content (AvgIpc) is 2.47. The minimum absolute atomic E-state index is 0.551. The maximum atomic E-state index is 10.9. The van der Waals surface area contributed by atoms with Crippen LogP contribution in [0, 0.1) is 11.8 Å². The Morgan fingerprint density at radius 1 is 0.947 bits per heavy atom. The third-order valence-electron chi connectivity index (χ3n) is 2.33. The van der Waals surface area contributed by atoms with Crippen molar-refractivity contribution in [2.75, 3.05) is 7.11 Å². The Bertz CT molecular complexity index is 604. The van der Waals surface area contributed by atoms with Crippen LogP contribution in [0.25, 0.3) is 0 Å². The second-order valence-electron chi connectivity index (χ2n) is 3.68. The van der Waals surface area contributed by atoms with Gasteiger partial charge in [0.25, 0.3) is 0 Å². The fourth-order valence-electron chi connectivity index (χ4n) is 1.41. The summed E-state index contributed by atoms with van der Waals surface area (Å²) in [6.07, 6.45) is 0. The van der Waals surface area contributed by atoms with Crippen molar-refractivity contribution in [2.24, 2.45) is 0 Å². The number of rotatable bonds is 2. The van der Waals surface area contributed by atoms with E-state index in [4.69, 9.17) is 4.74 Å². The van der Waals surface area contributed by atoms with E-state index < -0.39 is 5.97 Å². The lowest BCUT2D eigenvalue weighted by molar-refractivity contribution is -0.133. The molecule has 0 fully saturated rings. The molecule has 3 heteroatoms. The molecule has 0 aromatic heterocycles. The Kier molecular flexibility index (Phi) is 4.20. The zero-order valence-electron chi connectivity index (χ0n) is 10.4. The van der Waals surface area contributed by atoms with Crippen molar-refractivity contribution >= 4 is 5.97 Å². The van der Waals surface area contributed by atoms with Gasteiger partial charge in [-0.15, -0.1) is 0 Å². The molecule has 0 aliphatic carbocycles. The lowest BCUT2D eigenvalue weighted by Crippen LogP contribution is -1.94. The van der Waals surface area contributed by atoms with E-state index in [2.05, 4.69) is 16.6 Å². The number of ether oxygens (including phenoxy) is 2. The van der Waals surface area contributed by atoms with E-state index in [0.29, 0.717) is 0 Å². The minimum Gasteiger partial charge on any atom is -0.459 e. The number of carbonyl (C=O) groups excluding carboxylic acids is 1. The Labute approximate surface area is 111 Å². The Balaban J connectivity index is 2.06. The fraction of sp³-hybridized carbons (Fsp3) is 0.0625. The molecule has 2 rings (SSSR count). The molecule has 94 valence electrons. The van der Waals surface area contributed by atoms with Gasteiger partial charge in [0.05, 0.1) is 7.11 Å². The molecule has 0 N–H and O–H groups in total. The van der Waals surface area contributed by atoms with E-state index in [-0.39, 0.29) is 0 Å². The molecule has 19 heavy (non-hydrogen) atoms. The molecule has 2 aromatic rings. The fourth-order valence-corrected chi connectivity index (χ4v) is 1.41. The molecule has 2 aromatic carbocycles. The van der Waals surface area contributed by atoms with E-state index in [1.54, 1.807) is 24.3 Å². The molecule has 0 amide bonds. The Morgan fingerprint density at radius 2 is 1.58 bits per heavy atom. The molecule has 0 saturated carbocycles. The van der Waals surface area contributed by atoms with Gasteiger partial charge in [0.15, 0.2) is 0 Å². The van der Waals surface area contributed by atoms with Gasteiger partial charge in [0.1, 0.15) is 11.5 Å². The van der Waals surface area contributed by atoms with Crippen LogP contribution in [0.4, 0.5) is 0 Å². The van der Waals surface area contributed by atoms with Crippen molar-refractivity contribution in [3.8, 4) is 23.3 Å². The number of hydrogen-bond acceptors (Lipinski definition) is 3. The predicted octanol–water partition coefficient (Wildman–Crippen LogP) is 3.00. The second kappa shape index (κ2) is 6.27. The van der Waals surface area contributed by atoms with E-state index in [1.807, 2.05) is 30.3 Å². The number of benzene rings is 2. The molecular formula is C16H12O3. The van der Waals surface area contributed by atoms with Gasteiger partial charge in [-0.05, 0) is 36.4 Å². The van der Waals surface area contributed by atoms with Crippen molar-refractivity contribution in [1.82, 2.24) is 0 Å². The number of hydrogen-bond donors (Lipinski definition) is 0. The largest absolute Gasteiger partial charge is 0.459 e. The van der Waals surface area contributed by atoms with Crippen LogP contribution in [0.5, 0.6) is 11.5 Å². The first-order valence-corrected chi connectivity index (χ1v) is 5.71. The molecule has 0 atom stereocenters. The number of esters is 1. The molecular weight excluding hydrogens is 240 g/mol. The summed E-state index contributed by atoms with van der Waals surface area (Å²) in [6, 6.07) is 16.7. The van der Waals surface area contributed by atoms with Crippen molar-refractivity contribution in [1.29, 1.82) is 0 Å². The normalized spacial score (nSPS) is 9.11. The van der Waals surface area contributed by atoms with Crippen molar-refractivity contribution in [2.45, 2.75) is 0 Å². The van der Waals surface area contributed by atoms with Gasteiger partial charge in [0, 0.05) is 11.5 Å². The highest BCUT2D eigenvalue weighted by molar-refractivity contribution is 5.88. The topological polar surface area (TPSA) is 35.5 Å². The van der Waals surface area contributed by atoms with Crippen LogP contribution in [0.2, 0.25) is 0 Å². The first-order chi connectivity index (χ1) is 9.28. The number of para-hydroxylation sites is 1. The third-order valence-corrected chi connectivity index (χ3v) is 2.33. The van der Waals surface area contributed by atoms with E-state index in [9.17, 15) is 4.79 Å². The van der Waals surface area contributed by atoms with Crippen molar-refractivity contribution in [3.63, 3.8) is 0 Å². The Hall–Kier alpha value is -2.73. The monoisotopic (exact) mass is 252 g/mol. The van der Waals surface area contributed by atoms with Crippen LogP contribution in [-0.4, -0.2) is 13.1 Å². The van der Waals surface area contributed by atoms with Gasteiger partial charge in [-0.2, -0.15) is 0 Å². The molecule has 0 aliphatic heterocycles. The molecule has 0 bridgehead atoms. The summed E-state index contributed by atoms with van der Waals surface area (Å²) in [5.74, 6) is 6.01. The average molecular weight is 252 g/mol. The van der Waals surface area contributed by atoms with Gasteiger partial charge in [-0.1, -0.05) is 24.1 Å². The van der Waals surface area contributed by atoms with Gasteiger partial charge < -0.3 is 9.47 Å². The first kappa shape index (κ1) is 12.7. The van der Waals surface area contributed by atoms with Crippen LogP contribution in [0.1, 0.15) is 5.56 Å². The highest BCUT2D eigenvalue weighted by atomic mass is 16.5. The van der Waals surface area contributed by atoms with Gasteiger partial charge in [0.2, 0.25) is 0 Å². The maximum absolute atomic E-state index is 10.9. The number of carbonyl (C=O) groups is 1. The molecule has 0 heterocycles. The van der Waals surface area contributed by atoms with Crippen LogP contribution >= 0.6 is 0 Å². The van der Waals surface area contributed by atoms with Gasteiger partial charge >= 0.3 is 5.97 Å². The standard InChI is InChI=1S/C16H12O3/c1-18-16(17)12-9-13-7-10-15(11-8-13)19-14-5-3-2-4-6-14/h2-8,10-11H,1H3. The van der Waals surface area contributed by atoms with E-state index >= 15 is 0 Å². The summed E-state index contributed by atoms with van der Waals surface area (Å²) in [6.45, 7) is 0. The van der Waals surface area contributed by atoms with Crippen molar-refractivity contribution in [3.05, 3.63) is 60.2 Å². The lowest BCUT2D eigenvalue weighted by atomic mass is 10.2. The van der Waals surface area contributed by atoms with E-state index in [0.717, 1.165) is 17.1 Å². The highest BCUT2D eigenvalue weighted by Crippen LogP contribution is 2.20. The SMILES string of the molecule is COC(=O)C#Cc1ccc(Oc2ccccc2)cc1. The first-order valence-electron chi connectivity index (χ1n) is 5.71. The van der Waals surface area contributed by atoms with Gasteiger partial charge in [-0.25, -0.2) is 4.79 Å². The summed E-state index contributed by atoms with van der Waals surface area (Å²) in [7, 11) is 1.30. The van der Waals surface area contributed by atoms with Gasteiger partial charge in [-0.3, -0.25) is 0 Å². The molecule has 0 unspecified atom stereocenters. The smallest absolute Gasteiger partial charge is 0.384 e. The maximum Gasteiger partial charge on any atom is 0.384 e. The Morgan fingerprint density at radius 3 is 2.21 bits per heavy atom. The molecule has 0 radical (unpaired) electrons. The third kappa shape index (κ3) is 3.90. The summed E-state index contributed by atoms with van der Waals surface area (Å²) < 4.78 is 10.1. The second-order valence-corrected chi connectivity index (χ2v) is 3.68. The highest BCUT2D eigenvalue weighted by Gasteiger charge is 1.96. The molecule has 0 spiro atoms. The quantitative estimate of drug-likeness (QED) is 0.609. The number of methoxy groups -OCH3 is 1. The zero-order chi connectivity index (χ0) is 13.5. The van der Waals surface area contributed by atoms with Crippen LogP contribution in [0.3, 0.4) is 0 Å². The summed E-state index contributed by atoms with van der Waals surface area (Å²) >= 11 is 0. The summed E-state index contributed by atoms with van der Waals surface area (Å²) in [5, 5.41) is 0. The molecule has 0 aliphatic rings. The van der Waals surface area contributed by atoms with Crippen LogP contribution in [0.15, 0.2) is 54.6 Å². The minimum atomic E-state index is -0.551. The molecule has 0 saturated heterocycles.